The van der Waals surface area contributed by atoms with Crippen molar-refractivity contribution in [3.63, 3.8) is 0 Å². The molecule has 0 aliphatic carbocycles. The molecule has 0 bridgehead atoms. The van der Waals surface area contributed by atoms with Crippen LogP contribution in [-0.4, -0.2) is 85.1 Å². The van der Waals surface area contributed by atoms with Gasteiger partial charge in [-0.3, -0.25) is 0 Å². The molecule has 0 aromatic carbocycles. The molecule has 7 heteroatoms. The maximum Gasteiger partial charge on any atom is 0.159 e. The number of hydrogen-bond acceptors (Lipinski definition) is 7. The van der Waals surface area contributed by atoms with E-state index in [2.05, 4.69) is 0 Å². The standard InChI is InChI=1S/C18H38O7/c1-5-23-18(24-6-2)7-8-19-9-10-20-11-12-21-13-14-22-15-16-25-17(3)4/h17-18H,5-16H2,1-4H3. The number of hydrogen-bond donors (Lipinski definition) is 0. The smallest absolute Gasteiger partial charge is 0.159 e. The molecule has 0 fully saturated rings. The summed E-state index contributed by atoms with van der Waals surface area (Å²) in [6.07, 6.45) is 0.799. The topological polar surface area (TPSA) is 64.6 Å². The molecule has 0 spiro atoms. The van der Waals surface area contributed by atoms with Gasteiger partial charge in [0.05, 0.1) is 65.6 Å². The lowest BCUT2D eigenvalue weighted by Crippen LogP contribution is -2.20. The number of ether oxygens (including phenoxy) is 7. The van der Waals surface area contributed by atoms with E-state index in [9.17, 15) is 0 Å². The second kappa shape index (κ2) is 20.0. The molecule has 0 unspecified atom stereocenters. The molecule has 0 atom stereocenters. The van der Waals surface area contributed by atoms with Crippen LogP contribution in [0.15, 0.2) is 0 Å². The van der Waals surface area contributed by atoms with Gasteiger partial charge >= 0.3 is 0 Å². The van der Waals surface area contributed by atoms with Gasteiger partial charge in [0, 0.05) is 19.6 Å². The highest BCUT2D eigenvalue weighted by Crippen LogP contribution is 2.01. The predicted molar refractivity (Wildman–Crippen MR) is 96.0 cm³/mol. The van der Waals surface area contributed by atoms with Crippen molar-refractivity contribution in [2.24, 2.45) is 0 Å². The lowest BCUT2D eigenvalue weighted by Gasteiger charge is -2.16. The highest BCUT2D eigenvalue weighted by Gasteiger charge is 2.06. The molecule has 0 saturated carbocycles. The SMILES string of the molecule is CCOC(CCOCCOCCOCCOCCOC(C)C)OCC. The van der Waals surface area contributed by atoms with Crippen molar-refractivity contribution in [2.45, 2.75) is 46.5 Å². The summed E-state index contributed by atoms with van der Waals surface area (Å²) in [4.78, 5) is 0. The van der Waals surface area contributed by atoms with E-state index in [1.54, 1.807) is 0 Å². The van der Waals surface area contributed by atoms with Crippen LogP contribution in [0.2, 0.25) is 0 Å². The summed E-state index contributed by atoms with van der Waals surface area (Å²) in [6.45, 7) is 14.4. The fraction of sp³-hybridized carbons (Fsp3) is 1.00. The minimum Gasteiger partial charge on any atom is -0.379 e. The van der Waals surface area contributed by atoms with Crippen LogP contribution in [0.25, 0.3) is 0 Å². The van der Waals surface area contributed by atoms with Crippen molar-refractivity contribution in [1.29, 1.82) is 0 Å². The van der Waals surface area contributed by atoms with Crippen molar-refractivity contribution < 1.29 is 33.2 Å². The summed E-state index contributed by atoms with van der Waals surface area (Å²) in [5.41, 5.74) is 0. The van der Waals surface area contributed by atoms with Gasteiger partial charge in [0.2, 0.25) is 0 Å². The van der Waals surface area contributed by atoms with Crippen LogP contribution in [0.4, 0.5) is 0 Å². The molecule has 0 saturated heterocycles. The molecule has 0 aromatic heterocycles. The Hall–Kier alpha value is -0.280. The fourth-order valence-corrected chi connectivity index (χ4v) is 1.87. The Morgan fingerprint density at radius 3 is 1.32 bits per heavy atom. The lowest BCUT2D eigenvalue weighted by atomic mass is 10.4. The largest absolute Gasteiger partial charge is 0.379 e. The van der Waals surface area contributed by atoms with E-state index in [1.165, 1.54) is 0 Å². The second-order valence-electron chi connectivity index (χ2n) is 5.50. The molecule has 0 aliphatic rings. The zero-order chi connectivity index (χ0) is 18.6. The molecular formula is C18H38O7. The molecule has 0 rings (SSSR count). The quantitative estimate of drug-likeness (QED) is 0.242. The highest BCUT2D eigenvalue weighted by atomic mass is 16.7. The molecule has 0 N–H and O–H groups in total. The van der Waals surface area contributed by atoms with E-state index in [4.69, 9.17) is 33.2 Å². The van der Waals surface area contributed by atoms with Gasteiger partial charge in [-0.2, -0.15) is 0 Å². The summed E-state index contributed by atoms with van der Waals surface area (Å²) in [6, 6.07) is 0. The third-order valence-corrected chi connectivity index (χ3v) is 3.00. The first-order chi connectivity index (χ1) is 12.2. The van der Waals surface area contributed by atoms with E-state index in [0.717, 1.165) is 6.42 Å². The van der Waals surface area contributed by atoms with E-state index in [0.29, 0.717) is 72.7 Å². The molecule has 0 aliphatic heterocycles. The first-order valence-corrected chi connectivity index (χ1v) is 9.36. The molecular weight excluding hydrogens is 328 g/mol. The summed E-state index contributed by atoms with van der Waals surface area (Å²) >= 11 is 0. The van der Waals surface area contributed by atoms with Gasteiger partial charge < -0.3 is 33.2 Å². The average Bonchev–Trinajstić information content (AvgIpc) is 2.58. The van der Waals surface area contributed by atoms with Gasteiger partial charge in [-0.1, -0.05) is 0 Å². The molecule has 0 amide bonds. The molecule has 152 valence electrons. The Morgan fingerprint density at radius 2 is 0.920 bits per heavy atom. The van der Waals surface area contributed by atoms with Crippen molar-refractivity contribution in [1.82, 2.24) is 0 Å². The minimum atomic E-state index is -0.177. The van der Waals surface area contributed by atoms with Crippen molar-refractivity contribution in [2.75, 3.05) is 72.7 Å². The zero-order valence-corrected chi connectivity index (χ0v) is 16.5. The monoisotopic (exact) mass is 366 g/mol. The normalized spacial score (nSPS) is 11.8. The molecule has 0 heterocycles. The van der Waals surface area contributed by atoms with Crippen molar-refractivity contribution in [3.8, 4) is 0 Å². The maximum atomic E-state index is 5.50. The van der Waals surface area contributed by atoms with E-state index in [1.807, 2.05) is 27.7 Å². The van der Waals surface area contributed by atoms with Crippen molar-refractivity contribution >= 4 is 0 Å². The van der Waals surface area contributed by atoms with Gasteiger partial charge in [-0.25, -0.2) is 0 Å². The summed E-state index contributed by atoms with van der Waals surface area (Å²) < 4.78 is 38.0. The molecule has 0 aromatic rings. The maximum absolute atomic E-state index is 5.50. The minimum absolute atomic E-state index is 0.177. The first kappa shape index (κ1) is 24.7. The van der Waals surface area contributed by atoms with Crippen LogP contribution < -0.4 is 0 Å². The van der Waals surface area contributed by atoms with Crippen LogP contribution in [-0.2, 0) is 33.2 Å². The summed E-state index contributed by atoms with van der Waals surface area (Å²) in [5, 5.41) is 0. The predicted octanol–water partition coefficient (Wildman–Crippen LogP) is 2.27. The second-order valence-corrected chi connectivity index (χ2v) is 5.50. The molecule has 7 nitrogen and oxygen atoms in total. The first-order valence-electron chi connectivity index (χ1n) is 9.36. The van der Waals surface area contributed by atoms with Crippen LogP contribution in [0.5, 0.6) is 0 Å². The van der Waals surface area contributed by atoms with Gasteiger partial charge in [-0.05, 0) is 27.7 Å². The van der Waals surface area contributed by atoms with Gasteiger partial charge in [0.25, 0.3) is 0 Å². The lowest BCUT2D eigenvalue weighted by molar-refractivity contribution is -0.147. The summed E-state index contributed by atoms with van der Waals surface area (Å²) in [7, 11) is 0. The Labute approximate surface area is 153 Å². The van der Waals surface area contributed by atoms with E-state index in [-0.39, 0.29) is 12.4 Å². The van der Waals surface area contributed by atoms with Crippen LogP contribution in [0.1, 0.15) is 34.1 Å². The Morgan fingerprint density at radius 1 is 0.520 bits per heavy atom. The Bertz CT molecular complexity index is 246. The molecule has 25 heavy (non-hydrogen) atoms. The van der Waals surface area contributed by atoms with E-state index < -0.39 is 0 Å². The highest BCUT2D eigenvalue weighted by molar-refractivity contribution is 4.44. The van der Waals surface area contributed by atoms with Gasteiger partial charge in [-0.15, -0.1) is 0 Å². The third-order valence-electron chi connectivity index (χ3n) is 3.00. The zero-order valence-electron chi connectivity index (χ0n) is 16.5. The van der Waals surface area contributed by atoms with Gasteiger partial charge in [0.15, 0.2) is 6.29 Å². The van der Waals surface area contributed by atoms with Crippen LogP contribution in [0, 0.1) is 0 Å². The Balaban J connectivity index is 3.16. The summed E-state index contributed by atoms with van der Waals surface area (Å²) in [5.74, 6) is 0. The number of rotatable bonds is 20. The fourth-order valence-electron chi connectivity index (χ4n) is 1.87. The van der Waals surface area contributed by atoms with Gasteiger partial charge in [0.1, 0.15) is 0 Å². The van der Waals surface area contributed by atoms with Crippen LogP contribution >= 0.6 is 0 Å². The van der Waals surface area contributed by atoms with Crippen LogP contribution in [0.3, 0.4) is 0 Å². The average molecular weight is 366 g/mol. The third kappa shape index (κ3) is 19.9. The molecule has 0 radical (unpaired) electrons. The Kier molecular flexibility index (Phi) is 19.8. The van der Waals surface area contributed by atoms with E-state index >= 15 is 0 Å². The van der Waals surface area contributed by atoms with Crippen molar-refractivity contribution in [3.05, 3.63) is 0 Å².